The molecule has 2 fully saturated rings. The molecule has 1 amide bonds. The van der Waals surface area contributed by atoms with Gasteiger partial charge in [-0.3, -0.25) is 14.6 Å². The maximum atomic E-state index is 12.9. The van der Waals surface area contributed by atoms with Crippen molar-refractivity contribution < 1.29 is 14.3 Å². The smallest absolute Gasteiger partial charge is 0.329 e. The van der Waals surface area contributed by atoms with Crippen LogP contribution in [-0.2, 0) is 14.3 Å². The van der Waals surface area contributed by atoms with Crippen molar-refractivity contribution in [2.24, 2.45) is 0 Å². The van der Waals surface area contributed by atoms with Gasteiger partial charge in [0.15, 0.2) is 0 Å². The molecule has 0 aliphatic carbocycles. The van der Waals surface area contributed by atoms with Crippen molar-refractivity contribution in [2.75, 3.05) is 46.9 Å². The second-order valence-electron chi connectivity index (χ2n) is 6.19. The van der Waals surface area contributed by atoms with Gasteiger partial charge in [-0.15, -0.1) is 0 Å². The van der Waals surface area contributed by atoms with Gasteiger partial charge < -0.3 is 9.64 Å². The zero-order valence-corrected chi connectivity index (χ0v) is 14.8. The molecule has 2 heterocycles. The second-order valence-corrected chi connectivity index (χ2v) is 6.19. The van der Waals surface area contributed by atoms with E-state index in [-0.39, 0.29) is 11.9 Å². The molecule has 2 saturated heterocycles. The minimum atomic E-state index is -0.590. The van der Waals surface area contributed by atoms with Crippen molar-refractivity contribution in [1.82, 2.24) is 14.7 Å². The third-order valence-corrected chi connectivity index (χ3v) is 4.63. The number of amides is 1. The van der Waals surface area contributed by atoms with Crippen LogP contribution < -0.4 is 0 Å². The zero-order chi connectivity index (χ0) is 17.7. The van der Waals surface area contributed by atoms with Crippen molar-refractivity contribution in [1.29, 1.82) is 0 Å². The first-order chi connectivity index (χ1) is 11.5. The van der Waals surface area contributed by atoms with Crippen molar-refractivity contribution in [3.63, 3.8) is 0 Å². The summed E-state index contributed by atoms with van der Waals surface area (Å²) in [4.78, 5) is 31.1. The number of hydrogen-bond donors (Lipinski definition) is 0. The Balaban J connectivity index is 2.20. The highest BCUT2D eigenvalue weighted by Crippen LogP contribution is 2.33. The number of ether oxygens (including phenoxy) is 1. The van der Waals surface area contributed by atoms with Crippen LogP contribution in [0, 0.1) is 0 Å². The number of carbonyl (C=O) groups is 2. The Bertz CT molecular complexity index is 560. The SMILES string of the molecule is C=C/C=C1\C(=C/C)CC(C(=O)OC)N1C(=O)CN1CCN(C)CC1. The second kappa shape index (κ2) is 8.26. The number of hydrogen-bond acceptors (Lipinski definition) is 5. The van der Waals surface area contributed by atoms with Gasteiger partial charge in [-0.05, 0) is 25.6 Å². The normalized spacial score (nSPS) is 26.1. The summed E-state index contributed by atoms with van der Waals surface area (Å²) in [5, 5.41) is 0. The molecule has 6 nitrogen and oxygen atoms in total. The monoisotopic (exact) mass is 333 g/mol. The Labute approximate surface area is 144 Å². The number of nitrogens with zero attached hydrogens (tertiary/aromatic N) is 3. The predicted molar refractivity (Wildman–Crippen MR) is 93.2 cm³/mol. The van der Waals surface area contributed by atoms with Gasteiger partial charge in [-0.2, -0.15) is 0 Å². The van der Waals surface area contributed by atoms with Crippen molar-refractivity contribution >= 4 is 11.9 Å². The van der Waals surface area contributed by atoms with E-state index in [1.54, 1.807) is 17.1 Å². The van der Waals surface area contributed by atoms with Gasteiger partial charge in [0.25, 0.3) is 0 Å². The van der Waals surface area contributed by atoms with Crippen LogP contribution in [0.25, 0.3) is 0 Å². The lowest BCUT2D eigenvalue weighted by Crippen LogP contribution is -2.50. The predicted octanol–water partition coefficient (Wildman–Crippen LogP) is 1.02. The number of esters is 1. The standard InChI is InChI=1S/C18H27N3O3/c1-5-7-15-14(6-2)12-16(18(23)24-4)21(15)17(22)13-20-10-8-19(3)9-11-20/h5-7,16H,1,8-13H2,2-4H3/b14-6-,15-7+. The van der Waals surface area contributed by atoms with Crippen LogP contribution in [0.5, 0.6) is 0 Å². The van der Waals surface area contributed by atoms with Crippen LogP contribution in [0.4, 0.5) is 0 Å². The molecule has 0 aromatic carbocycles. The highest BCUT2D eigenvalue weighted by atomic mass is 16.5. The highest BCUT2D eigenvalue weighted by Gasteiger charge is 2.41. The van der Waals surface area contributed by atoms with Gasteiger partial charge in [0.1, 0.15) is 6.04 Å². The van der Waals surface area contributed by atoms with Crippen LogP contribution >= 0.6 is 0 Å². The summed E-state index contributed by atoms with van der Waals surface area (Å²) >= 11 is 0. The molecule has 2 rings (SSSR count). The molecular formula is C18H27N3O3. The largest absolute Gasteiger partial charge is 0.467 e. The summed E-state index contributed by atoms with van der Waals surface area (Å²) in [5.41, 5.74) is 1.72. The molecule has 0 aromatic rings. The molecule has 6 heteroatoms. The van der Waals surface area contributed by atoms with Gasteiger partial charge in [0, 0.05) is 38.3 Å². The average Bonchev–Trinajstić information content (AvgIpc) is 2.95. The molecule has 0 aromatic heterocycles. The molecule has 0 N–H and O–H groups in total. The first-order valence-corrected chi connectivity index (χ1v) is 8.30. The summed E-state index contributed by atoms with van der Waals surface area (Å²) in [6.45, 7) is 9.56. The maximum absolute atomic E-state index is 12.9. The third kappa shape index (κ3) is 3.94. The lowest BCUT2D eigenvalue weighted by atomic mass is 10.1. The minimum Gasteiger partial charge on any atom is -0.467 e. The fourth-order valence-electron chi connectivity index (χ4n) is 3.20. The van der Waals surface area contributed by atoms with E-state index in [9.17, 15) is 9.59 Å². The van der Waals surface area contributed by atoms with E-state index in [0.29, 0.717) is 13.0 Å². The molecule has 0 spiro atoms. The van der Waals surface area contributed by atoms with Crippen molar-refractivity contribution in [2.45, 2.75) is 19.4 Å². The Morgan fingerprint density at radius 2 is 1.96 bits per heavy atom. The summed E-state index contributed by atoms with van der Waals surface area (Å²) in [7, 11) is 3.44. The van der Waals surface area contributed by atoms with Crippen LogP contribution in [0.3, 0.4) is 0 Å². The Morgan fingerprint density at radius 1 is 1.29 bits per heavy atom. The topological polar surface area (TPSA) is 53.1 Å². The molecule has 0 bridgehead atoms. The quantitative estimate of drug-likeness (QED) is 0.719. The molecule has 0 saturated carbocycles. The van der Waals surface area contributed by atoms with Crippen LogP contribution in [0.15, 0.2) is 36.1 Å². The van der Waals surface area contributed by atoms with Gasteiger partial charge in [0.2, 0.25) is 5.91 Å². The molecule has 24 heavy (non-hydrogen) atoms. The molecule has 2 aliphatic heterocycles. The summed E-state index contributed by atoms with van der Waals surface area (Å²) in [5.74, 6) is -0.451. The number of methoxy groups -OCH3 is 1. The first kappa shape index (κ1) is 18.4. The van der Waals surface area contributed by atoms with Gasteiger partial charge >= 0.3 is 5.97 Å². The van der Waals surface area contributed by atoms with E-state index >= 15 is 0 Å². The van der Waals surface area contributed by atoms with E-state index in [1.807, 2.05) is 13.0 Å². The summed E-state index contributed by atoms with van der Waals surface area (Å²) < 4.78 is 4.90. The number of piperazine rings is 1. The maximum Gasteiger partial charge on any atom is 0.329 e. The Hall–Kier alpha value is -1.92. The lowest BCUT2D eigenvalue weighted by molar-refractivity contribution is -0.150. The van der Waals surface area contributed by atoms with E-state index in [4.69, 9.17) is 4.74 Å². The molecule has 1 atom stereocenters. The number of carbonyl (C=O) groups excluding carboxylic acids is 2. The molecule has 0 radical (unpaired) electrons. The van der Waals surface area contributed by atoms with E-state index in [2.05, 4.69) is 23.4 Å². The fourth-order valence-corrected chi connectivity index (χ4v) is 3.20. The Morgan fingerprint density at radius 3 is 2.50 bits per heavy atom. The van der Waals surface area contributed by atoms with Gasteiger partial charge in [0.05, 0.1) is 13.7 Å². The highest BCUT2D eigenvalue weighted by molar-refractivity contribution is 5.89. The molecule has 2 aliphatic rings. The zero-order valence-electron chi connectivity index (χ0n) is 14.8. The average molecular weight is 333 g/mol. The van der Waals surface area contributed by atoms with E-state index in [0.717, 1.165) is 37.4 Å². The van der Waals surface area contributed by atoms with Crippen LogP contribution in [0.2, 0.25) is 0 Å². The van der Waals surface area contributed by atoms with Crippen molar-refractivity contribution in [3.05, 3.63) is 36.1 Å². The molecule has 132 valence electrons. The van der Waals surface area contributed by atoms with E-state index in [1.165, 1.54) is 7.11 Å². The van der Waals surface area contributed by atoms with Gasteiger partial charge in [-0.1, -0.05) is 18.7 Å². The number of likely N-dealkylation sites (N-methyl/N-ethyl adjacent to an activating group) is 1. The number of rotatable bonds is 4. The number of likely N-dealkylation sites (tertiary alicyclic amines) is 1. The molecular weight excluding hydrogens is 306 g/mol. The van der Waals surface area contributed by atoms with Crippen LogP contribution in [-0.4, -0.2) is 79.5 Å². The number of allylic oxidation sites excluding steroid dienone is 4. The van der Waals surface area contributed by atoms with Crippen molar-refractivity contribution in [3.8, 4) is 0 Å². The summed E-state index contributed by atoms with van der Waals surface area (Å²) in [6, 6.07) is -0.590. The molecule has 1 unspecified atom stereocenters. The minimum absolute atomic E-state index is 0.0695. The fraction of sp³-hybridized carbons (Fsp3) is 0.556. The summed E-state index contributed by atoms with van der Waals surface area (Å²) in [6.07, 6.45) is 5.86. The van der Waals surface area contributed by atoms with Gasteiger partial charge in [-0.25, -0.2) is 4.79 Å². The lowest BCUT2D eigenvalue weighted by Gasteiger charge is -2.33. The van der Waals surface area contributed by atoms with Crippen LogP contribution in [0.1, 0.15) is 13.3 Å². The first-order valence-electron chi connectivity index (χ1n) is 8.30. The van der Waals surface area contributed by atoms with E-state index < -0.39 is 6.04 Å². The Kier molecular flexibility index (Phi) is 6.34. The third-order valence-electron chi connectivity index (χ3n) is 4.63.